The molecule has 2 rings (SSSR count). The van der Waals surface area contributed by atoms with Crippen molar-refractivity contribution in [3.63, 3.8) is 0 Å². The van der Waals surface area contributed by atoms with Gasteiger partial charge in [-0.2, -0.15) is 11.1 Å². The van der Waals surface area contributed by atoms with Gasteiger partial charge in [-0.25, -0.2) is 5.57 Å². The number of rotatable bonds is 1. The first-order valence-corrected chi connectivity index (χ1v) is 13.4. The van der Waals surface area contributed by atoms with Crippen LogP contribution in [0.25, 0.3) is 5.73 Å². The molecule has 0 spiro atoms. The van der Waals surface area contributed by atoms with Crippen LogP contribution in [0.4, 0.5) is 0 Å². The third-order valence-corrected chi connectivity index (χ3v) is 5.71. The van der Waals surface area contributed by atoms with E-state index in [4.69, 9.17) is 5.73 Å². The molecule has 1 unspecified atom stereocenters. The topological polar surface area (TPSA) is 40.9 Å². The Hall–Kier alpha value is -0.119. The Balaban J connectivity index is 0. The Morgan fingerprint density at radius 2 is 1.25 bits per heavy atom. The molecule has 28 heavy (non-hydrogen) atoms. The molecule has 0 aliphatic heterocycles. The van der Waals surface area contributed by atoms with Crippen LogP contribution in [0, 0.1) is 17.9 Å². The van der Waals surface area contributed by atoms with Crippen molar-refractivity contribution < 1.29 is 26.5 Å². The first-order chi connectivity index (χ1) is 12.8. The van der Waals surface area contributed by atoms with Crippen LogP contribution in [0.1, 0.15) is 98.3 Å². The van der Waals surface area contributed by atoms with Gasteiger partial charge in [0.2, 0.25) is 0 Å². The Morgan fingerprint density at radius 3 is 1.46 bits per heavy atom. The zero-order valence-electron chi connectivity index (χ0n) is 19.4. The number of carbonyl (C=O) groups is 1. The van der Waals surface area contributed by atoms with Crippen molar-refractivity contribution in [1.82, 2.24) is 0 Å². The molecular formula is C24H44NOSiTi. The van der Waals surface area contributed by atoms with Gasteiger partial charge in [-0.3, -0.25) is 6.08 Å². The van der Waals surface area contributed by atoms with E-state index in [1.165, 1.54) is 61.7 Å². The van der Waals surface area contributed by atoms with Gasteiger partial charge in [-0.05, 0) is 12.8 Å². The van der Waals surface area contributed by atoms with E-state index in [9.17, 15) is 4.79 Å². The molecule has 1 atom stereocenters. The first kappa shape index (κ1) is 30.1. The molecular weight excluding hydrogens is 394 g/mol. The second-order valence-corrected chi connectivity index (χ2v) is 9.35. The van der Waals surface area contributed by atoms with Crippen LogP contribution in [-0.2, 0) is 26.5 Å². The van der Waals surface area contributed by atoms with Gasteiger partial charge < -0.3 is 10.5 Å². The zero-order valence-corrected chi connectivity index (χ0v) is 22.1. The van der Waals surface area contributed by atoms with Gasteiger partial charge >= 0.3 is 21.7 Å². The summed E-state index contributed by atoms with van der Waals surface area (Å²) in [4.78, 5) is 11.1. The molecule has 2 aliphatic carbocycles. The smallest absolute Gasteiger partial charge is 0.668 e. The van der Waals surface area contributed by atoms with E-state index in [1.807, 2.05) is 0 Å². The van der Waals surface area contributed by atoms with Gasteiger partial charge in [0, 0.05) is 15.4 Å². The van der Waals surface area contributed by atoms with Crippen molar-refractivity contribution in [2.75, 3.05) is 0 Å². The fourth-order valence-corrected chi connectivity index (χ4v) is 3.59. The van der Waals surface area contributed by atoms with Crippen molar-refractivity contribution in [3.8, 4) is 0 Å². The van der Waals surface area contributed by atoms with E-state index in [2.05, 4.69) is 46.9 Å². The number of allylic oxidation sites excluding steroid dienone is 4. The molecule has 1 saturated carbocycles. The first-order valence-electron chi connectivity index (χ1n) is 11.1. The summed E-state index contributed by atoms with van der Waals surface area (Å²) in [5.41, 5.74) is 11.5. The van der Waals surface area contributed by atoms with Gasteiger partial charge in [0.1, 0.15) is 0 Å². The summed E-state index contributed by atoms with van der Waals surface area (Å²) in [7, 11) is 0.750. The van der Waals surface area contributed by atoms with Gasteiger partial charge in [0.25, 0.3) is 0 Å². The SMILES string of the molecule is CC1=[C-]C(C)C(C)=C1C.C[SiH]C.[NH-]C(=O)C1CCCCCCCCCCC1.[Ti+2]. The normalized spacial score (nSPS) is 21.5. The molecule has 2 aliphatic rings. The number of hydrogen-bond acceptors (Lipinski definition) is 1. The summed E-state index contributed by atoms with van der Waals surface area (Å²) in [6.07, 6.45) is 16.8. The summed E-state index contributed by atoms with van der Waals surface area (Å²) in [6.45, 7) is 13.1. The molecule has 0 aromatic rings. The van der Waals surface area contributed by atoms with E-state index in [-0.39, 0.29) is 33.5 Å². The van der Waals surface area contributed by atoms with Gasteiger partial charge in [-0.1, -0.05) is 97.6 Å². The van der Waals surface area contributed by atoms with Crippen LogP contribution >= 0.6 is 0 Å². The molecule has 4 heteroatoms. The van der Waals surface area contributed by atoms with Crippen molar-refractivity contribution >= 4 is 15.4 Å². The monoisotopic (exact) mass is 438 g/mol. The minimum absolute atomic E-state index is 0. The number of carbonyl (C=O) groups excluding carboxylic acids is 1. The fourth-order valence-electron chi connectivity index (χ4n) is 3.59. The number of amides is 1. The van der Waals surface area contributed by atoms with Crippen molar-refractivity contribution in [1.29, 1.82) is 0 Å². The van der Waals surface area contributed by atoms with Crippen molar-refractivity contribution in [2.45, 2.75) is 111 Å². The molecule has 1 fully saturated rings. The molecule has 159 valence electrons. The van der Waals surface area contributed by atoms with Crippen LogP contribution in [0.3, 0.4) is 0 Å². The van der Waals surface area contributed by atoms with Crippen molar-refractivity contribution in [2.24, 2.45) is 11.8 Å². The number of nitrogens with one attached hydrogen (secondary N) is 1. The molecule has 0 heterocycles. The molecule has 0 saturated heterocycles. The average Bonchev–Trinajstić information content (AvgIpc) is 2.82. The summed E-state index contributed by atoms with van der Waals surface area (Å²) in [6, 6.07) is 0. The van der Waals surface area contributed by atoms with Crippen LogP contribution < -0.4 is 0 Å². The van der Waals surface area contributed by atoms with Crippen LogP contribution in [0.5, 0.6) is 0 Å². The fraction of sp³-hybridized carbons (Fsp3) is 0.792. The maximum Gasteiger partial charge on any atom is 2.00 e. The third-order valence-electron chi connectivity index (χ3n) is 5.71. The van der Waals surface area contributed by atoms with E-state index in [0.717, 1.165) is 35.2 Å². The van der Waals surface area contributed by atoms with Gasteiger partial charge in [0.15, 0.2) is 0 Å². The Morgan fingerprint density at radius 1 is 0.893 bits per heavy atom. The summed E-state index contributed by atoms with van der Waals surface area (Å²) < 4.78 is 0. The minimum Gasteiger partial charge on any atom is -0.668 e. The van der Waals surface area contributed by atoms with Crippen LogP contribution in [0.2, 0.25) is 13.1 Å². The Labute approximate surface area is 193 Å². The van der Waals surface area contributed by atoms with E-state index in [0.29, 0.717) is 5.92 Å². The van der Waals surface area contributed by atoms with Crippen LogP contribution in [-0.4, -0.2) is 15.4 Å². The molecule has 1 N–H and O–H groups in total. The largest absolute Gasteiger partial charge is 2.00 e. The average molecular weight is 439 g/mol. The maximum absolute atomic E-state index is 11.1. The predicted octanol–water partition coefficient (Wildman–Crippen LogP) is 7.72. The van der Waals surface area contributed by atoms with Gasteiger partial charge in [0.05, 0.1) is 5.91 Å². The van der Waals surface area contributed by atoms with E-state index >= 15 is 0 Å². The molecule has 0 bridgehead atoms. The second-order valence-electron chi connectivity index (χ2n) is 8.20. The predicted molar refractivity (Wildman–Crippen MR) is 122 cm³/mol. The second kappa shape index (κ2) is 18.9. The molecule has 0 aromatic heterocycles. The third kappa shape index (κ3) is 14.0. The van der Waals surface area contributed by atoms with Crippen molar-refractivity contribution in [3.05, 3.63) is 28.5 Å². The standard InChI is InChI=1S/C13H25NO.C9H13.C2H7Si.Ti/c14-13(15)12-10-8-6-4-2-1-3-5-7-9-11-12;1-6-5-7(2)9(4)8(6)3;1-3-2;/h12H,1-11H2,(H2,14,15);6H,1-4H3;3H,1-2H3;/q;-1;;+2/p-1. The van der Waals surface area contributed by atoms with E-state index in [1.54, 1.807) is 0 Å². The summed E-state index contributed by atoms with van der Waals surface area (Å²) in [5.74, 6) is 0.279. The maximum atomic E-state index is 11.1. The zero-order chi connectivity index (χ0) is 20.7. The van der Waals surface area contributed by atoms with Crippen LogP contribution in [0.15, 0.2) is 16.7 Å². The summed E-state index contributed by atoms with van der Waals surface area (Å²) in [5, 5.41) is 0. The Kier molecular flexibility index (Phi) is 20.3. The van der Waals surface area contributed by atoms with E-state index < -0.39 is 0 Å². The molecule has 1 amide bonds. The molecule has 1 radical (unpaired) electrons. The number of hydrogen-bond donors (Lipinski definition) is 0. The quantitative estimate of drug-likeness (QED) is 0.305. The molecule has 0 aromatic carbocycles. The Bertz CT molecular complexity index is 461. The van der Waals surface area contributed by atoms with Gasteiger partial charge in [-0.15, -0.1) is 6.92 Å². The summed E-state index contributed by atoms with van der Waals surface area (Å²) >= 11 is 0. The molecule has 2 nitrogen and oxygen atoms in total. The minimum atomic E-state index is -0.327.